The van der Waals surface area contributed by atoms with Gasteiger partial charge in [-0.3, -0.25) is 0 Å². The molecule has 0 aromatic heterocycles. The number of ether oxygens (including phenoxy) is 1. The van der Waals surface area contributed by atoms with Crippen molar-refractivity contribution in [3.63, 3.8) is 0 Å². The zero-order valence-corrected chi connectivity index (χ0v) is 10.4. The highest BCUT2D eigenvalue weighted by Crippen LogP contribution is 2.40. The van der Waals surface area contributed by atoms with Gasteiger partial charge in [-0.2, -0.15) is 0 Å². The van der Waals surface area contributed by atoms with Gasteiger partial charge >= 0.3 is 0 Å². The summed E-state index contributed by atoms with van der Waals surface area (Å²) >= 11 is 0. The lowest BCUT2D eigenvalue weighted by Gasteiger charge is -2.17. The van der Waals surface area contributed by atoms with E-state index in [0.717, 1.165) is 25.8 Å². The Balaban J connectivity index is 2.43. The molecule has 0 bridgehead atoms. The van der Waals surface area contributed by atoms with Crippen LogP contribution in [0.1, 0.15) is 30.9 Å². The molecule has 2 rings (SSSR count). The molecular formula is C13H16F3NO. The molecule has 2 N–H and O–H groups in total. The van der Waals surface area contributed by atoms with E-state index in [1.54, 1.807) is 0 Å². The zero-order chi connectivity index (χ0) is 13.6. The summed E-state index contributed by atoms with van der Waals surface area (Å²) in [6.45, 7) is 0.743. The van der Waals surface area contributed by atoms with Gasteiger partial charge in [0.15, 0.2) is 11.6 Å². The lowest BCUT2D eigenvalue weighted by molar-refractivity contribution is 0.0170. The Bertz CT molecular complexity index is 464. The lowest BCUT2D eigenvalue weighted by atomic mass is 9.98. The van der Waals surface area contributed by atoms with Crippen LogP contribution >= 0.6 is 0 Å². The maximum Gasteiger partial charge on any atom is 0.270 e. The second-order valence-corrected chi connectivity index (χ2v) is 5.08. The number of methoxy groups -OCH3 is 1. The van der Waals surface area contributed by atoms with Crippen LogP contribution in [0, 0.1) is 5.82 Å². The van der Waals surface area contributed by atoms with Crippen molar-refractivity contribution < 1.29 is 17.9 Å². The highest BCUT2D eigenvalue weighted by Gasteiger charge is 2.39. The number of hydrogen-bond donors (Lipinski definition) is 1. The third kappa shape index (κ3) is 2.61. The summed E-state index contributed by atoms with van der Waals surface area (Å²) in [5, 5.41) is 0. The molecular weight excluding hydrogens is 243 g/mol. The van der Waals surface area contributed by atoms with Gasteiger partial charge in [-0.05, 0) is 37.0 Å². The van der Waals surface area contributed by atoms with E-state index in [1.165, 1.54) is 13.2 Å². The average molecular weight is 259 g/mol. The van der Waals surface area contributed by atoms with Gasteiger partial charge in [-0.1, -0.05) is 0 Å². The summed E-state index contributed by atoms with van der Waals surface area (Å²) in [6, 6.07) is 2.10. The first-order valence-corrected chi connectivity index (χ1v) is 5.79. The Hall–Kier alpha value is -1.23. The topological polar surface area (TPSA) is 35.2 Å². The van der Waals surface area contributed by atoms with E-state index in [-0.39, 0.29) is 16.9 Å². The van der Waals surface area contributed by atoms with Crippen LogP contribution in [-0.4, -0.2) is 12.6 Å². The predicted molar refractivity (Wildman–Crippen MR) is 62.4 cm³/mol. The minimum absolute atomic E-state index is 0.0136. The molecule has 1 aromatic carbocycles. The van der Waals surface area contributed by atoms with Crippen molar-refractivity contribution in [2.24, 2.45) is 5.73 Å². The normalized spacial score (nSPS) is 17.7. The monoisotopic (exact) mass is 259 g/mol. The Morgan fingerprint density at radius 2 is 2.00 bits per heavy atom. The molecule has 5 heteroatoms. The van der Waals surface area contributed by atoms with Crippen molar-refractivity contribution in [1.82, 2.24) is 0 Å². The van der Waals surface area contributed by atoms with Crippen LogP contribution in [0.15, 0.2) is 12.1 Å². The van der Waals surface area contributed by atoms with Crippen LogP contribution in [0.25, 0.3) is 0 Å². The molecule has 2 nitrogen and oxygen atoms in total. The van der Waals surface area contributed by atoms with Crippen LogP contribution in [-0.2, 0) is 12.3 Å². The van der Waals surface area contributed by atoms with Crippen LogP contribution < -0.4 is 10.5 Å². The minimum atomic E-state index is -3.08. The summed E-state index contributed by atoms with van der Waals surface area (Å²) in [4.78, 5) is 0. The summed E-state index contributed by atoms with van der Waals surface area (Å²) < 4.78 is 45.2. The van der Waals surface area contributed by atoms with Crippen molar-refractivity contribution in [3.05, 3.63) is 29.1 Å². The van der Waals surface area contributed by atoms with E-state index in [0.29, 0.717) is 12.0 Å². The van der Waals surface area contributed by atoms with E-state index < -0.39 is 11.7 Å². The Morgan fingerprint density at radius 3 is 2.44 bits per heavy atom. The first-order chi connectivity index (χ1) is 8.25. The molecule has 0 amide bonds. The van der Waals surface area contributed by atoms with Gasteiger partial charge < -0.3 is 10.5 Å². The zero-order valence-electron chi connectivity index (χ0n) is 10.4. The van der Waals surface area contributed by atoms with Crippen LogP contribution in [0.3, 0.4) is 0 Å². The van der Waals surface area contributed by atoms with Crippen molar-refractivity contribution >= 4 is 0 Å². The van der Waals surface area contributed by atoms with Gasteiger partial charge in [0.1, 0.15) is 0 Å². The quantitative estimate of drug-likeness (QED) is 0.902. The molecule has 1 aliphatic carbocycles. The number of alkyl halides is 2. The van der Waals surface area contributed by atoms with Crippen LogP contribution in [0.4, 0.5) is 13.2 Å². The summed E-state index contributed by atoms with van der Waals surface area (Å²) in [6.07, 6.45) is 2.01. The van der Waals surface area contributed by atoms with Gasteiger partial charge in [0, 0.05) is 18.0 Å². The van der Waals surface area contributed by atoms with Gasteiger partial charge in [-0.15, -0.1) is 0 Å². The predicted octanol–water partition coefficient (Wildman–Crippen LogP) is 2.98. The Kier molecular flexibility index (Phi) is 3.05. The van der Waals surface area contributed by atoms with Crippen molar-refractivity contribution in [2.45, 2.75) is 37.6 Å². The summed E-state index contributed by atoms with van der Waals surface area (Å²) in [5.74, 6) is -3.83. The highest BCUT2D eigenvalue weighted by atomic mass is 19.3. The second kappa shape index (κ2) is 4.16. The molecule has 0 aliphatic heterocycles. The Morgan fingerprint density at radius 1 is 1.39 bits per heavy atom. The molecule has 18 heavy (non-hydrogen) atoms. The van der Waals surface area contributed by atoms with Crippen molar-refractivity contribution in [1.29, 1.82) is 0 Å². The molecule has 1 aliphatic rings. The fraction of sp³-hybridized carbons (Fsp3) is 0.538. The number of rotatable bonds is 4. The molecule has 1 saturated carbocycles. The van der Waals surface area contributed by atoms with Gasteiger partial charge in [0.25, 0.3) is 5.92 Å². The third-order valence-electron chi connectivity index (χ3n) is 3.27. The molecule has 0 spiro atoms. The summed E-state index contributed by atoms with van der Waals surface area (Å²) in [7, 11) is 1.32. The number of nitrogens with two attached hydrogens (primary N) is 1. The highest BCUT2D eigenvalue weighted by molar-refractivity contribution is 5.42. The average Bonchev–Trinajstić information content (AvgIpc) is 2.94. The van der Waals surface area contributed by atoms with Gasteiger partial charge in [0.2, 0.25) is 0 Å². The maximum absolute atomic E-state index is 13.7. The summed E-state index contributed by atoms with van der Waals surface area (Å²) in [5.41, 5.74) is 5.62. The minimum Gasteiger partial charge on any atom is -0.493 e. The second-order valence-electron chi connectivity index (χ2n) is 5.08. The van der Waals surface area contributed by atoms with Crippen LogP contribution in [0.2, 0.25) is 0 Å². The molecule has 0 unspecified atom stereocenters. The molecule has 0 atom stereocenters. The van der Waals surface area contributed by atoms with Crippen LogP contribution in [0.5, 0.6) is 5.75 Å². The van der Waals surface area contributed by atoms with Crippen molar-refractivity contribution in [3.8, 4) is 5.75 Å². The van der Waals surface area contributed by atoms with Crippen molar-refractivity contribution in [2.75, 3.05) is 7.11 Å². The SMILES string of the molecule is COc1c(F)cc(C(C)(F)F)cc1CC1(N)CC1. The first-order valence-electron chi connectivity index (χ1n) is 5.79. The lowest BCUT2D eigenvalue weighted by Crippen LogP contribution is -2.25. The maximum atomic E-state index is 13.7. The largest absolute Gasteiger partial charge is 0.493 e. The molecule has 100 valence electrons. The van der Waals surface area contributed by atoms with E-state index in [1.807, 2.05) is 0 Å². The molecule has 0 heterocycles. The third-order valence-corrected chi connectivity index (χ3v) is 3.27. The number of halogens is 3. The fourth-order valence-electron chi connectivity index (χ4n) is 1.98. The molecule has 0 radical (unpaired) electrons. The first kappa shape index (κ1) is 13.2. The Labute approximate surface area is 104 Å². The van der Waals surface area contributed by atoms with E-state index in [4.69, 9.17) is 10.5 Å². The molecule has 1 fully saturated rings. The fourth-order valence-corrected chi connectivity index (χ4v) is 1.98. The van der Waals surface area contributed by atoms with E-state index in [9.17, 15) is 13.2 Å². The molecule has 0 saturated heterocycles. The molecule has 1 aromatic rings. The standard InChI is InChI=1S/C13H16F3NO/c1-12(15,16)9-5-8(7-13(17)3-4-13)11(18-2)10(14)6-9/h5-6H,3-4,7,17H2,1-2H3. The van der Waals surface area contributed by atoms with Gasteiger partial charge in [-0.25, -0.2) is 13.2 Å². The van der Waals surface area contributed by atoms with E-state index in [2.05, 4.69) is 0 Å². The smallest absolute Gasteiger partial charge is 0.270 e. The number of hydrogen-bond acceptors (Lipinski definition) is 2. The van der Waals surface area contributed by atoms with E-state index >= 15 is 0 Å². The number of benzene rings is 1. The van der Waals surface area contributed by atoms with Gasteiger partial charge in [0.05, 0.1) is 7.11 Å².